The smallest absolute Gasteiger partial charge is 0.240 e. The molecule has 0 bridgehead atoms. The van der Waals surface area contributed by atoms with E-state index >= 15 is 0 Å². The van der Waals surface area contributed by atoms with Crippen molar-refractivity contribution in [3.05, 3.63) is 36.5 Å². The number of anilines is 2. The molecule has 168 valence electrons. The second-order valence-corrected chi connectivity index (χ2v) is 8.45. The number of rotatable bonds is 9. The minimum absolute atomic E-state index is 0.0208. The second-order valence-electron chi connectivity index (χ2n) is 6.69. The van der Waals surface area contributed by atoms with Gasteiger partial charge in [0, 0.05) is 38.3 Å². The van der Waals surface area contributed by atoms with Crippen LogP contribution in [0.2, 0.25) is 0 Å². The van der Waals surface area contributed by atoms with Gasteiger partial charge in [-0.15, -0.1) is 0 Å². The van der Waals surface area contributed by atoms with Gasteiger partial charge in [0.1, 0.15) is 0 Å². The highest BCUT2D eigenvalue weighted by atomic mass is 32.2. The largest absolute Gasteiger partial charge is 0.493 e. The summed E-state index contributed by atoms with van der Waals surface area (Å²) in [5.41, 5.74) is 0.581. The molecule has 1 saturated heterocycles. The number of hydrogen-bond acceptors (Lipinski definition) is 8. The molecule has 3 rings (SSSR count). The predicted molar refractivity (Wildman–Crippen MR) is 115 cm³/mol. The molecule has 0 saturated carbocycles. The number of hydrogen-bond donors (Lipinski definition) is 2. The molecule has 0 atom stereocenters. The number of nitrogens with zero attached hydrogens (tertiary/aromatic N) is 2. The monoisotopic (exact) mass is 450 g/mol. The maximum Gasteiger partial charge on any atom is 0.240 e. The van der Waals surface area contributed by atoms with Gasteiger partial charge in [-0.25, -0.2) is 18.1 Å². The van der Waals surface area contributed by atoms with Crippen molar-refractivity contribution in [3.63, 3.8) is 0 Å². The zero-order valence-corrected chi connectivity index (χ0v) is 18.3. The number of sulfonamides is 1. The predicted octanol–water partition coefficient (Wildman–Crippen LogP) is 1.24. The molecular formula is C20H26N4O6S. The Morgan fingerprint density at radius 1 is 1.16 bits per heavy atom. The molecule has 1 aromatic heterocycles. The van der Waals surface area contributed by atoms with Crippen LogP contribution in [-0.2, 0) is 19.6 Å². The van der Waals surface area contributed by atoms with Gasteiger partial charge in [-0.2, -0.15) is 0 Å². The molecule has 0 aliphatic carbocycles. The number of nitrogens with one attached hydrogen (secondary N) is 2. The van der Waals surface area contributed by atoms with Crippen LogP contribution in [0.3, 0.4) is 0 Å². The Labute approximate surface area is 181 Å². The Hall–Kier alpha value is -2.89. The first kappa shape index (κ1) is 22.8. The van der Waals surface area contributed by atoms with Gasteiger partial charge in [-0.1, -0.05) is 0 Å². The van der Waals surface area contributed by atoms with E-state index in [-0.39, 0.29) is 23.8 Å². The van der Waals surface area contributed by atoms with Gasteiger partial charge >= 0.3 is 0 Å². The topological polar surface area (TPSA) is 119 Å². The SMILES string of the molecule is COc1ccc(S(=O)(=O)NCCC(=O)Nc2cccnc2N2CCOCC2)cc1OC. The van der Waals surface area contributed by atoms with Crippen LogP contribution in [0.5, 0.6) is 11.5 Å². The van der Waals surface area contributed by atoms with Gasteiger partial charge in [-0.05, 0) is 24.3 Å². The van der Waals surface area contributed by atoms with E-state index in [1.165, 1.54) is 32.4 Å². The van der Waals surface area contributed by atoms with Crippen LogP contribution in [0.1, 0.15) is 6.42 Å². The number of ether oxygens (including phenoxy) is 3. The Morgan fingerprint density at radius 3 is 2.61 bits per heavy atom. The third-order valence-corrected chi connectivity index (χ3v) is 6.14. The summed E-state index contributed by atoms with van der Waals surface area (Å²) in [5, 5.41) is 2.81. The van der Waals surface area contributed by atoms with Crippen molar-refractivity contribution in [1.29, 1.82) is 0 Å². The van der Waals surface area contributed by atoms with Crippen molar-refractivity contribution in [2.75, 3.05) is 57.3 Å². The lowest BCUT2D eigenvalue weighted by molar-refractivity contribution is -0.116. The normalized spacial score (nSPS) is 14.2. The molecule has 2 heterocycles. The van der Waals surface area contributed by atoms with Crippen molar-refractivity contribution in [1.82, 2.24) is 9.71 Å². The molecular weight excluding hydrogens is 424 g/mol. The lowest BCUT2D eigenvalue weighted by atomic mass is 10.3. The van der Waals surface area contributed by atoms with E-state index in [2.05, 4.69) is 15.0 Å². The third kappa shape index (κ3) is 5.84. The summed E-state index contributed by atoms with van der Waals surface area (Å²) < 4.78 is 43.1. The fraction of sp³-hybridized carbons (Fsp3) is 0.400. The standard InChI is InChI=1S/C20H26N4O6S/c1-28-17-6-5-15(14-18(17)29-2)31(26,27)22-9-7-19(25)23-16-4-3-8-21-20(16)24-10-12-30-13-11-24/h3-6,8,14,22H,7,9-13H2,1-2H3,(H,23,25). The fourth-order valence-corrected chi connectivity index (χ4v) is 4.15. The first-order valence-electron chi connectivity index (χ1n) is 9.74. The van der Waals surface area contributed by atoms with Crippen LogP contribution in [-0.4, -0.2) is 66.4 Å². The van der Waals surface area contributed by atoms with Gasteiger partial charge in [0.05, 0.1) is 38.0 Å². The number of amides is 1. The van der Waals surface area contributed by atoms with E-state index in [4.69, 9.17) is 14.2 Å². The highest BCUT2D eigenvalue weighted by Gasteiger charge is 2.19. The van der Waals surface area contributed by atoms with Crippen molar-refractivity contribution >= 4 is 27.4 Å². The number of benzene rings is 1. The van der Waals surface area contributed by atoms with E-state index in [0.29, 0.717) is 49.3 Å². The van der Waals surface area contributed by atoms with Crippen LogP contribution in [0.4, 0.5) is 11.5 Å². The molecule has 0 spiro atoms. The number of morpholine rings is 1. The molecule has 1 aliphatic heterocycles. The van der Waals surface area contributed by atoms with Crippen molar-refractivity contribution in [3.8, 4) is 11.5 Å². The third-order valence-electron chi connectivity index (χ3n) is 4.68. The molecule has 1 aromatic carbocycles. The van der Waals surface area contributed by atoms with Gasteiger partial charge in [0.2, 0.25) is 15.9 Å². The van der Waals surface area contributed by atoms with Crippen LogP contribution in [0.15, 0.2) is 41.4 Å². The summed E-state index contributed by atoms with van der Waals surface area (Å²) in [6.45, 7) is 2.51. The molecule has 2 N–H and O–H groups in total. The average Bonchev–Trinajstić information content (AvgIpc) is 2.79. The van der Waals surface area contributed by atoms with Crippen LogP contribution < -0.4 is 24.4 Å². The zero-order valence-electron chi connectivity index (χ0n) is 17.5. The Kier molecular flexibility index (Phi) is 7.66. The van der Waals surface area contributed by atoms with Gasteiger partial charge in [0.15, 0.2) is 17.3 Å². The highest BCUT2D eigenvalue weighted by Crippen LogP contribution is 2.29. The minimum atomic E-state index is -3.81. The maximum absolute atomic E-state index is 12.5. The molecule has 2 aromatic rings. The van der Waals surface area contributed by atoms with E-state index in [0.717, 1.165) is 0 Å². The second kappa shape index (κ2) is 10.4. The summed E-state index contributed by atoms with van der Waals surface area (Å²) in [5.74, 6) is 1.08. The molecule has 10 nitrogen and oxygen atoms in total. The van der Waals surface area contributed by atoms with Crippen LogP contribution in [0, 0.1) is 0 Å². The van der Waals surface area contributed by atoms with E-state index in [1.54, 1.807) is 18.3 Å². The molecule has 1 fully saturated rings. The van der Waals surface area contributed by atoms with Gasteiger partial charge in [-0.3, -0.25) is 4.79 Å². The van der Waals surface area contributed by atoms with E-state index < -0.39 is 10.0 Å². The number of carbonyl (C=O) groups is 1. The summed E-state index contributed by atoms with van der Waals surface area (Å²) in [6, 6.07) is 7.79. The quantitative estimate of drug-likeness (QED) is 0.586. The zero-order chi connectivity index (χ0) is 22.3. The van der Waals surface area contributed by atoms with Crippen molar-refractivity contribution in [2.45, 2.75) is 11.3 Å². The minimum Gasteiger partial charge on any atom is -0.493 e. The lowest BCUT2D eigenvalue weighted by Gasteiger charge is -2.29. The summed E-state index contributed by atoms with van der Waals surface area (Å²) in [4.78, 5) is 18.8. The average molecular weight is 451 g/mol. The lowest BCUT2D eigenvalue weighted by Crippen LogP contribution is -2.37. The number of aromatic nitrogens is 1. The van der Waals surface area contributed by atoms with Gasteiger partial charge in [0.25, 0.3) is 0 Å². The summed E-state index contributed by atoms with van der Waals surface area (Å²) >= 11 is 0. The molecule has 0 radical (unpaired) electrons. The van der Waals surface area contributed by atoms with Crippen LogP contribution in [0.25, 0.3) is 0 Å². The molecule has 1 aliphatic rings. The van der Waals surface area contributed by atoms with Gasteiger partial charge < -0.3 is 24.4 Å². The Morgan fingerprint density at radius 2 is 1.90 bits per heavy atom. The van der Waals surface area contributed by atoms with E-state index in [1.807, 2.05) is 4.90 Å². The highest BCUT2D eigenvalue weighted by molar-refractivity contribution is 7.89. The molecule has 11 heteroatoms. The molecule has 1 amide bonds. The van der Waals surface area contributed by atoms with Crippen LogP contribution >= 0.6 is 0 Å². The number of carbonyl (C=O) groups excluding carboxylic acids is 1. The Bertz CT molecular complexity index is 1010. The molecule has 0 unspecified atom stereocenters. The summed E-state index contributed by atoms with van der Waals surface area (Å²) in [7, 11) is -0.918. The van der Waals surface area contributed by atoms with Crippen molar-refractivity contribution < 1.29 is 27.4 Å². The summed E-state index contributed by atoms with van der Waals surface area (Å²) in [6.07, 6.45) is 1.63. The Balaban J connectivity index is 1.58. The molecule has 31 heavy (non-hydrogen) atoms. The van der Waals surface area contributed by atoms with E-state index in [9.17, 15) is 13.2 Å². The number of methoxy groups -OCH3 is 2. The maximum atomic E-state index is 12.5. The fourth-order valence-electron chi connectivity index (χ4n) is 3.10. The van der Waals surface area contributed by atoms with Crippen molar-refractivity contribution in [2.24, 2.45) is 0 Å². The first-order valence-corrected chi connectivity index (χ1v) is 11.2. The number of pyridine rings is 1. The first-order chi connectivity index (χ1) is 14.9.